The molecule has 0 aliphatic heterocycles. The van der Waals surface area contributed by atoms with Gasteiger partial charge in [0.15, 0.2) is 8.32 Å². The Morgan fingerprint density at radius 1 is 0.760 bits per heavy atom. The summed E-state index contributed by atoms with van der Waals surface area (Å²) in [5.41, 5.74) is 0. The summed E-state index contributed by atoms with van der Waals surface area (Å²) in [7, 11) is -1.36. The van der Waals surface area contributed by atoms with Crippen molar-refractivity contribution in [2.75, 3.05) is 13.2 Å². The molecule has 0 saturated heterocycles. The molecular formula is C21H44O3Si. The Hall–Kier alpha value is -0.353. The molecule has 0 aromatic rings. The van der Waals surface area contributed by atoms with Gasteiger partial charge in [0.2, 0.25) is 0 Å². The van der Waals surface area contributed by atoms with Gasteiger partial charge in [0.1, 0.15) is 0 Å². The minimum absolute atomic E-state index is 0.0390. The Morgan fingerprint density at radius 3 is 1.80 bits per heavy atom. The molecule has 0 aliphatic rings. The third kappa shape index (κ3) is 18.2. The number of carbonyl (C=O) groups is 1. The van der Waals surface area contributed by atoms with Crippen LogP contribution >= 0.6 is 0 Å². The number of hydrogen-bond acceptors (Lipinski definition) is 3. The van der Waals surface area contributed by atoms with E-state index in [1.165, 1.54) is 70.3 Å². The van der Waals surface area contributed by atoms with E-state index in [0.717, 1.165) is 19.4 Å². The molecule has 0 radical (unpaired) electrons. The first-order valence-corrected chi connectivity index (χ1v) is 13.9. The van der Waals surface area contributed by atoms with Crippen molar-refractivity contribution in [3.63, 3.8) is 0 Å². The molecule has 0 saturated carbocycles. The second-order valence-electron chi connectivity index (χ2n) is 7.80. The molecule has 0 aliphatic carbocycles. The van der Waals surface area contributed by atoms with Crippen molar-refractivity contribution in [1.82, 2.24) is 0 Å². The normalized spacial score (nSPS) is 11.7. The zero-order valence-corrected chi connectivity index (χ0v) is 18.5. The summed E-state index contributed by atoms with van der Waals surface area (Å²) in [6, 6.07) is 1.31. The van der Waals surface area contributed by atoms with Gasteiger partial charge in [-0.2, -0.15) is 0 Å². The fourth-order valence-electron chi connectivity index (χ4n) is 3.04. The first-order valence-electron chi connectivity index (χ1n) is 10.8. The first kappa shape index (κ1) is 24.6. The predicted molar refractivity (Wildman–Crippen MR) is 111 cm³/mol. The van der Waals surface area contributed by atoms with Gasteiger partial charge in [0.05, 0.1) is 6.61 Å². The van der Waals surface area contributed by atoms with Crippen LogP contribution in [0.3, 0.4) is 0 Å². The molecule has 3 nitrogen and oxygen atoms in total. The van der Waals surface area contributed by atoms with Crippen LogP contribution in [-0.2, 0) is 14.0 Å². The lowest BCUT2D eigenvalue weighted by Gasteiger charge is -2.22. The highest BCUT2D eigenvalue weighted by atomic mass is 28.4. The summed E-state index contributed by atoms with van der Waals surface area (Å²) in [5.74, 6) is -0.0390. The zero-order valence-electron chi connectivity index (χ0n) is 17.5. The maximum atomic E-state index is 11.2. The Morgan fingerprint density at radius 2 is 1.28 bits per heavy atom. The summed E-state index contributed by atoms with van der Waals surface area (Å²) < 4.78 is 11.1. The van der Waals surface area contributed by atoms with Crippen LogP contribution in [0.25, 0.3) is 0 Å². The van der Waals surface area contributed by atoms with E-state index in [4.69, 9.17) is 9.16 Å². The molecule has 0 amide bonds. The van der Waals surface area contributed by atoms with Gasteiger partial charge < -0.3 is 9.16 Å². The van der Waals surface area contributed by atoms with E-state index in [1.54, 1.807) is 0 Å². The average Bonchev–Trinajstić information content (AvgIpc) is 2.57. The van der Waals surface area contributed by atoms with E-state index in [0.29, 0.717) is 13.0 Å². The number of carbonyl (C=O) groups excluding carboxylic acids is 1. The van der Waals surface area contributed by atoms with E-state index >= 15 is 0 Å². The molecule has 0 unspecified atom stereocenters. The smallest absolute Gasteiger partial charge is 0.305 e. The second kappa shape index (κ2) is 17.1. The fraction of sp³-hybridized carbons (Fsp3) is 0.952. The van der Waals surface area contributed by atoms with Crippen molar-refractivity contribution in [3.05, 3.63) is 0 Å². The molecule has 0 aromatic carbocycles. The van der Waals surface area contributed by atoms with E-state index < -0.39 is 8.32 Å². The van der Waals surface area contributed by atoms with Crippen LogP contribution in [0.15, 0.2) is 0 Å². The van der Waals surface area contributed by atoms with Gasteiger partial charge in [-0.1, -0.05) is 71.1 Å². The average molecular weight is 373 g/mol. The Labute approximate surface area is 158 Å². The molecule has 0 fully saturated rings. The molecule has 4 heteroatoms. The maximum Gasteiger partial charge on any atom is 0.305 e. The first-order chi connectivity index (χ1) is 12.0. The van der Waals surface area contributed by atoms with Crippen LogP contribution in [0.2, 0.25) is 19.1 Å². The summed E-state index contributed by atoms with van der Waals surface area (Å²) in [4.78, 5) is 11.2. The van der Waals surface area contributed by atoms with Crippen LogP contribution in [0.5, 0.6) is 0 Å². The van der Waals surface area contributed by atoms with Crippen molar-refractivity contribution in [3.8, 4) is 0 Å². The summed E-state index contributed by atoms with van der Waals surface area (Å²) in [6.45, 7) is 10.3. The van der Waals surface area contributed by atoms with Gasteiger partial charge in [0, 0.05) is 13.0 Å². The molecule has 0 rings (SSSR count). The molecule has 0 atom stereocenters. The highest BCUT2D eigenvalue weighted by Gasteiger charge is 2.20. The molecule has 0 heterocycles. The minimum Gasteiger partial charge on any atom is -0.466 e. The number of ether oxygens (including phenoxy) is 1. The van der Waals surface area contributed by atoms with Crippen molar-refractivity contribution in [1.29, 1.82) is 0 Å². The topological polar surface area (TPSA) is 35.5 Å². The van der Waals surface area contributed by atoms with E-state index in [1.807, 2.05) is 6.92 Å². The largest absolute Gasteiger partial charge is 0.466 e. The highest BCUT2D eigenvalue weighted by molar-refractivity contribution is 6.71. The standard InChI is InChI=1S/C21H44O3Si/c1-5-7-20-25(3,4)24-19-17-15-13-11-9-8-10-12-14-16-18-21(22)23-6-2/h5-20H2,1-4H3. The zero-order chi connectivity index (χ0) is 18.8. The van der Waals surface area contributed by atoms with E-state index in [2.05, 4.69) is 20.0 Å². The maximum absolute atomic E-state index is 11.2. The lowest BCUT2D eigenvalue weighted by Crippen LogP contribution is -2.30. The van der Waals surface area contributed by atoms with E-state index in [9.17, 15) is 4.79 Å². The van der Waals surface area contributed by atoms with Crippen LogP contribution in [0, 0.1) is 0 Å². The Balaban J connectivity index is 3.22. The molecule has 0 aromatic heterocycles. The van der Waals surface area contributed by atoms with Gasteiger partial charge in [-0.25, -0.2) is 0 Å². The molecule has 25 heavy (non-hydrogen) atoms. The van der Waals surface area contributed by atoms with Crippen LogP contribution in [0.1, 0.15) is 97.3 Å². The lowest BCUT2D eigenvalue weighted by atomic mass is 10.1. The van der Waals surface area contributed by atoms with Crippen molar-refractivity contribution >= 4 is 14.3 Å². The minimum atomic E-state index is -1.36. The SMILES string of the molecule is CCCC[Si](C)(C)OCCCCCCCCCCCCC(=O)OCC. The summed E-state index contributed by atoms with van der Waals surface area (Å²) in [5, 5.41) is 0. The molecular weight excluding hydrogens is 328 g/mol. The monoisotopic (exact) mass is 372 g/mol. The number of unbranched alkanes of at least 4 members (excludes halogenated alkanes) is 10. The molecule has 150 valence electrons. The highest BCUT2D eigenvalue weighted by Crippen LogP contribution is 2.16. The third-order valence-corrected chi connectivity index (χ3v) is 7.25. The third-order valence-electron chi connectivity index (χ3n) is 4.71. The van der Waals surface area contributed by atoms with E-state index in [-0.39, 0.29) is 5.97 Å². The van der Waals surface area contributed by atoms with Gasteiger partial charge in [-0.15, -0.1) is 0 Å². The van der Waals surface area contributed by atoms with Gasteiger partial charge >= 0.3 is 5.97 Å². The van der Waals surface area contributed by atoms with Crippen LogP contribution in [0.4, 0.5) is 0 Å². The Bertz CT molecular complexity index is 306. The fourth-order valence-corrected chi connectivity index (χ4v) is 5.09. The van der Waals surface area contributed by atoms with Crippen molar-refractivity contribution < 1.29 is 14.0 Å². The molecule has 0 bridgehead atoms. The van der Waals surface area contributed by atoms with Crippen molar-refractivity contribution in [2.45, 2.75) is 116 Å². The number of esters is 1. The van der Waals surface area contributed by atoms with Crippen LogP contribution < -0.4 is 0 Å². The molecule has 0 N–H and O–H groups in total. The number of hydrogen-bond donors (Lipinski definition) is 0. The Kier molecular flexibility index (Phi) is 16.8. The van der Waals surface area contributed by atoms with Crippen molar-refractivity contribution in [2.24, 2.45) is 0 Å². The van der Waals surface area contributed by atoms with Gasteiger partial charge in [-0.3, -0.25) is 4.79 Å². The number of rotatable bonds is 18. The quantitative estimate of drug-likeness (QED) is 0.150. The van der Waals surface area contributed by atoms with Gasteiger partial charge in [-0.05, 0) is 38.9 Å². The molecule has 0 spiro atoms. The summed E-state index contributed by atoms with van der Waals surface area (Å²) in [6.07, 6.45) is 15.9. The second-order valence-corrected chi connectivity index (χ2v) is 12.1. The lowest BCUT2D eigenvalue weighted by molar-refractivity contribution is -0.143. The summed E-state index contributed by atoms with van der Waals surface area (Å²) >= 11 is 0. The predicted octanol–water partition coefficient (Wildman–Crippen LogP) is 6.86. The van der Waals surface area contributed by atoms with Crippen LogP contribution in [-0.4, -0.2) is 27.5 Å². The van der Waals surface area contributed by atoms with Gasteiger partial charge in [0.25, 0.3) is 0 Å².